The molecule has 2 unspecified atom stereocenters. The van der Waals surface area contributed by atoms with Crippen molar-refractivity contribution >= 4 is 10.4 Å². The van der Waals surface area contributed by atoms with Crippen LogP contribution in [-0.4, -0.2) is 27.7 Å². The van der Waals surface area contributed by atoms with E-state index in [1.807, 2.05) is 0 Å². The molecule has 10 heteroatoms. The first-order valence-electron chi connectivity index (χ1n) is 6.37. The van der Waals surface area contributed by atoms with Crippen LogP contribution < -0.4 is 11.5 Å². The number of benzene rings is 2. The molecule has 0 aliphatic heterocycles. The second kappa shape index (κ2) is 9.73. The Kier molecular flexibility index (Phi) is 9.13. The molecule has 0 heterocycles. The van der Waals surface area contributed by atoms with E-state index in [1.54, 1.807) is 48.5 Å². The molecule has 0 amide bonds. The van der Waals surface area contributed by atoms with Crippen LogP contribution in [0.25, 0.3) is 0 Å². The van der Waals surface area contributed by atoms with Crippen LogP contribution in [0, 0.1) is 0 Å². The third-order valence-electron chi connectivity index (χ3n) is 2.94. The van der Waals surface area contributed by atoms with Crippen molar-refractivity contribution in [3.05, 3.63) is 59.7 Å². The normalized spacial score (nSPS) is 13.0. The third-order valence-corrected chi connectivity index (χ3v) is 2.94. The second-order valence-electron chi connectivity index (χ2n) is 4.68. The maximum Gasteiger partial charge on any atom is 0.394 e. The van der Waals surface area contributed by atoms with Crippen LogP contribution in [0.2, 0.25) is 0 Å². The van der Waals surface area contributed by atoms with Crippen LogP contribution in [0.5, 0.6) is 11.5 Å². The van der Waals surface area contributed by atoms with Gasteiger partial charge in [-0.05, 0) is 35.4 Å². The van der Waals surface area contributed by atoms with Crippen molar-refractivity contribution in [3.63, 3.8) is 0 Å². The SMILES string of the molecule is NC(c1ccc(O)cc1)C(N)c1ccc(O)cc1.O=S(=O)(O)O.[Pt]. The zero-order valence-electron chi connectivity index (χ0n) is 12.3. The number of hydrogen-bond acceptors (Lipinski definition) is 6. The van der Waals surface area contributed by atoms with Gasteiger partial charge in [-0.2, -0.15) is 8.42 Å². The van der Waals surface area contributed by atoms with Crippen molar-refractivity contribution in [1.29, 1.82) is 0 Å². The fourth-order valence-electron chi connectivity index (χ4n) is 1.81. The van der Waals surface area contributed by atoms with Gasteiger partial charge in [-0.15, -0.1) is 0 Å². The fourth-order valence-corrected chi connectivity index (χ4v) is 1.81. The van der Waals surface area contributed by atoms with Gasteiger partial charge in [0.25, 0.3) is 0 Å². The van der Waals surface area contributed by atoms with E-state index in [4.69, 9.17) is 29.0 Å². The average molecular weight is 537 g/mol. The van der Waals surface area contributed by atoms with Gasteiger partial charge in [0.2, 0.25) is 0 Å². The molecule has 0 aromatic heterocycles. The molecule has 0 saturated heterocycles. The molecule has 0 radical (unpaired) electrons. The molecule has 0 aliphatic rings. The summed E-state index contributed by atoms with van der Waals surface area (Å²) in [6.07, 6.45) is 0. The van der Waals surface area contributed by atoms with E-state index in [0.717, 1.165) is 11.1 Å². The molecule has 8 N–H and O–H groups in total. The molecule has 0 bridgehead atoms. The standard InChI is InChI=1S/C14H16N2O2.H2O4S.Pt/c15-13(9-1-5-11(17)6-2-9)14(16)10-3-7-12(18)8-4-10;1-5(2,3)4;/h1-8,13-14,17-18H,15-16H2;(H2,1,2,3,4);. The van der Waals surface area contributed by atoms with Crippen LogP contribution in [0.4, 0.5) is 0 Å². The van der Waals surface area contributed by atoms with Crippen molar-refractivity contribution < 1.29 is 48.8 Å². The largest absolute Gasteiger partial charge is 0.508 e. The predicted molar refractivity (Wildman–Crippen MR) is 84.2 cm³/mol. The van der Waals surface area contributed by atoms with E-state index >= 15 is 0 Å². The number of aromatic hydroxyl groups is 2. The van der Waals surface area contributed by atoms with Crippen LogP contribution in [-0.2, 0) is 31.5 Å². The average Bonchev–Trinajstić information content (AvgIpc) is 2.46. The smallest absolute Gasteiger partial charge is 0.394 e. The monoisotopic (exact) mass is 537 g/mol. The molecule has 24 heavy (non-hydrogen) atoms. The van der Waals surface area contributed by atoms with Crippen molar-refractivity contribution in [2.24, 2.45) is 11.5 Å². The molecule has 8 nitrogen and oxygen atoms in total. The maximum atomic E-state index is 9.22. The Morgan fingerprint density at radius 2 is 0.917 bits per heavy atom. The summed E-state index contributed by atoms with van der Waals surface area (Å²) in [6, 6.07) is 12.6. The first-order chi connectivity index (χ1) is 10.6. The minimum atomic E-state index is -4.67. The molecule has 0 saturated carbocycles. The summed E-state index contributed by atoms with van der Waals surface area (Å²) >= 11 is 0. The fraction of sp³-hybridized carbons (Fsp3) is 0.143. The predicted octanol–water partition coefficient (Wildman–Crippen LogP) is 1.14. The Hall–Kier alpha value is -1.48. The molecular weight excluding hydrogens is 519 g/mol. The number of hydrogen-bond donors (Lipinski definition) is 6. The van der Waals surface area contributed by atoms with Crippen LogP contribution in [0.15, 0.2) is 48.5 Å². The molecule has 0 aliphatic carbocycles. The molecule has 0 spiro atoms. The van der Waals surface area contributed by atoms with E-state index in [1.165, 1.54) is 0 Å². The Bertz CT molecular complexity index is 664. The van der Waals surface area contributed by atoms with Crippen LogP contribution in [0.3, 0.4) is 0 Å². The van der Waals surface area contributed by atoms with Gasteiger partial charge >= 0.3 is 10.4 Å². The zero-order chi connectivity index (χ0) is 17.6. The summed E-state index contributed by atoms with van der Waals surface area (Å²) in [4.78, 5) is 0. The topological polar surface area (TPSA) is 167 Å². The minimum Gasteiger partial charge on any atom is -0.508 e. The number of phenols is 2. The summed E-state index contributed by atoms with van der Waals surface area (Å²) in [6.45, 7) is 0. The first-order valence-corrected chi connectivity index (χ1v) is 7.76. The number of rotatable bonds is 3. The van der Waals surface area contributed by atoms with Gasteiger partial charge in [0.1, 0.15) is 11.5 Å². The van der Waals surface area contributed by atoms with Crippen LogP contribution in [0.1, 0.15) is 23.2 Å². The summed E-state index contributed by atoms with van der Waals surface area (Å²) < 4.78 is 31.6. The molecule has 136 valence electrons. The minimum absolute atomic E-state index is 0. The van der Waals surface area contributed by atoms with Crippen molar-refractivity contribution in [1.82, 2.24) is 0 Å². The van der Waals surface area contributed by atoms with Gasteiger partial charge in [-0.1, -0.05) is 24.3 Å². The van der Waals surface area contributed by atoms with Gasteiger partial charge in [0, 0.05) is 33.1 Å². The van der Waals surface area contributed by atoms with E-state index in [0.29, 0.717) is 0 Å². The van der Waals surface area contributed by atoms with Gasteiger partial charge in [0.05, 0.1) is 0 Å². The first kappa shape index (κ1) is 22.5. The molecule has 0 fully saturated rings. The Morgan fingerprint density at radius 1 is 0.708 bits per heavy atom. The summed E-state index contributed by atoms with van der Waals surface area (Å²) in [5.41, 5.74) is 13.9. The van der Waals surface area contributed by atoms with E-state index in [-0.39, 0.29) is 44.6 Å². The maximum absolute atomic E-state index is 9.22. The molecule has 2 aromatic rings. The van der Waals surface area contributed by atoms with E-state index in [2.05, 4.69) is 0 Å². The van der Waals surface area contributed by atoms with E-state index in [9.17, 15) is 10.2 Å². The van der Waals surface area contributed by atoms with Gasteiger partial charge in [-0.25, -0.2) is 0 Å². The summed E-state index contributed by atoms with van der Waals surface area (Å²) in [7, 11) is -4.67. The number of nitrogens with two attached hydrogens (primary N) is 2. The summed E-state index contributed by atoms with van der Waals surface area (Å²) in [5.74, 6) is 0.397. The van der Waals surface area contributed by atoms with Gasteiger partial charge in [0.15, 0.2) is 0 Å². The molecular formula is C14H18N2O6PtS. The second-order valence-corrected chi connectivity index (χ2v) is 5.58. The van der Waals surface area contributed by atoms with Crippen molar-refractivity contribution in [2.75, 3.05) is 0 Å². The van der Waals surface area contributed by atoms with Crippen LogP contribution >= 0.6 is 0 Å². The molecule has 2 aromatic carbocycles. The Labute approximate surface area is 154 Å². The van der Waals surface area contributed by atoms with E-state index < -0.39 is 10.4 Å². The van der Waals surface area contributed by atoms with Crippen molar-refractivity contribution in [3.8, 4) is 11.5 Å². The summed E-state index contributed by atoms with van der Waals surface area (Å²) in [5, 5.41) is 18.4. The van der Waals surface area contributed by atoms with Crippen molar-refractivity contribution in [2.45, 2.75) is 12.1 Å². The number of phenolic OH excluding ortho intramolecular Hbond substituents is 2. The van der Waals surface area contributed by atoms with Gasteiger partial charge in [-0.3, -0.25) is 9.11 Å². The zero-order valence-corrected chi connectivity index (χ0v) is 15.3. The molecule has 2 rings (SSSR count). The Balaban J connectivity index is 0.000000777. The third kappa shape index (κ3) is 8.39. The molecule has 2 atom stereocenters. The quantitative estimate of drug-likeness (QED) is 0.317. The van der Waals surface area contributed by atoms with Gasteiger partial charge < -0.3 is 21.7 Å². The Morgan fingerprint density at radius 3 is 1.12 bits per heavy atom.